The highest BCUT2D eigenvalue weighted by atomic mass is 79.9. The van der Waals surface area contributed by atoms with Gasteiger partial charge in [0.2, 0.25) is 0 Å². The molecule has 0 radical (unpaired) electrons. The van der Waals surface area contributed by atoms with Gasteiger partial charge in [-0.2, -0.15) is 0 Å². The molecule has 0 heterocycles. The average Bonchev–Trinajstić information content (AvgIpc) is 2.67. The number of methoxy groups -OCH3 is 2. The number of carbonyl (C=O) groups is 2. The molecule has 1 N–H and O–H groups in total. The number of ether oxygens (including phenoxy) is 3. The van der Waals surface area contributed by atoms with Crippen molar-refractivity contribution in [1.82, 2.24) is 0 Å². The second-order valence-corrected chi connectivity index (χ2v) is 6.15. The fourth-order valence-corrected chi connectivity index (χ4v) is 2.50. The molecule has 0 atom stereocenters. The molecule has 0 aliphatic carbocycles. The highest BCUT2D eigenvalue weighted by Crippen LogP contribution is 2.34. The summed E-state index contributed by atoms with van der Waals surface area (Å²) in [5, 5.41) is 13.4. The van der Waals surface area contributed by atoms with E-state index in [4.69, 9.17) is 14.2 Å². The zero-order valence-electron chi connectivity index (χ0n) is 14.7. The summed E-state index contributed by atoms with van der Waals surface area (Å²) < 4.78 is 29.0. The van der Waals surface area contributed by atoms with Gasteiger partial charge in [-0.05, 0) is 18.2 Å². The number of benzene rings is 2. The maximum absolute atomic E-state index is 13.7. The van der Waals surface area contributed by atoms with Gasteiger partial charge in [-0.25, -0.2) is 9.18 Å². The van der Waals surface area contributed by atoms with E-state index in [0.717, 1.165) is 18.2 Å². The van der Waals surface area contributed by atoms with Gasteiger partial charge in [0.1, 0.15) is 11.4 Å². The number of esters is 1. The molecule has 28 heavy (non-hydrogen) atoms. The number of halogens is 2. The van der Waals surface area contributed by atoms with Crippen molar-refractivity contribution in [1.29, 1.82) is 0 Å². The highest BCUT2D eigenvalue weighted by molar-refractivity contribution is 9.10. The quantitative estimate of drug-likeness (QED) is 0.385. The summed E-state index contributed by atoms with van der Waals surface area (Å²) in [4.78, 5) is 34.5. The van der Waals surface area contributed by atoms with E-state index >= 15 is 0 Å². The number of rotatable bonds is 7. The van der Waals surface area contributed by atoms with Crippen LogP contribution in [-0.4, -0.2) is 37.6 Å². The van der Waals surface area contributed by atoms with Crippen LogP contribution >= 0.6 is 15.9 Å². The summed E-state index contributed by atoms with van der Waals surface area (Å²) in [5.74, 6) is -2.52. The summed E-state index contributed by atoms with van der Waals surface area (Å²) in [7, 11) is 2.57. The molecule has 0 saturated heterocycles. The van der Waals surface area contributed by atoms with Crippen LogP contribution in [0.1, 0.15) is 10.4 Å². The van der Waals surface area contributed by atoms with Gasteiger partial charge in [-0.1, -0.05) is 15.9 Å². The highest BCUT2D eigenvalue weighted by Gasteiger charge is 2.26. The van der Waals surface area contributed by atoms with Crippen LogP contribution in [0, 0.1) is 15.9 Å². The molecule has 2 aromatic rings. The van der Waals surface area contributed by atoms with Gasteiger partial charge in [-0.3, -0.25) is 14.9 Å². The molecular formula is C17H14BrFN2O7. The monoisotopic (exact) mass is 456 g/mol. The molecule has 2 rings (SSSR count). The van der Waals surface area contributed by atoms with Gasteiger partial charge in [0.05, 0.1) is 30.9 Å². The Labute approximate surface area is 166 Å². The van der Waals surface area contributed by atoms with Crippen LogP contribution in [0.5, 0.6) is 11.5 Å². The van der Waals surface area contributed by atoms with Crippen LogP contribution in [0.25, 0.3) is 0 Å². The molecule has 0 aromatic heterocycles. The number of hydrogen-bond donors (Lipinski definition) is 1. The Morgan fingerprint density at radius 3 is 2.39 bits per heavy atom. The lowest BCUT2D eigenvalue weighted by Gasteiger charge is -2.11. The van der Waals surface area contributed by atoms with E-state index in [1.54, 1.807) is 0 Å². The molecule has 0 bridgehead atoms. The minimum Gasteiger partial charge on any atom is -0.493 e. The van der Waals surface area contributed by atoms with Crippen molar-refractivity contribution in [2.75, 3.05) is 26.1 Å². The van der Waals surface area contributed by atoms with Crippen molar-refractivity contribution >= 4 is 39.2 Å². The molecule has 1 amide bonds. The molecule has 0 spiro atoms. The number of carbonyl (C=O) groups excluding carboxylic acids is 2. The van der Waals surface area contributed by atoms with Gasteiger partial charge in [0.15, 0.2) is 18.1 Å². The number of nitrogens with zero attached hydrogens (tertiary/aromatic N) is 1. The lowest BCUT2D eigenvalue weighted by atomic mass is 10.1. The van der Waals surface area contributed by atoms with Gasteiger partial charge in [-0.15, -0.1) is 0 Å². The van der Waals surface area contributed by atoms with E-state index in [-0.39, 0.29) is 17.2 Å². The van der Waals surface area contributed by atoms with E-state index in [9.17, 15) is 24.1 Å². The fourth-order valence-electron chi connectivity index (χ4n) is 2.17. The van der Waals surface area contributed by atoms with E-state index in [1.807, 2.05) is 0 Å². The first-order valence-electron chi connectivity index (χ1n) is 7.59. The largest absolute Gasteiger partial charge is 0.493 e. The first-order chi connectivity index (χ1) is 13.3. The van der Waals surface area contributed by atoms with Crippen LogP contribution in [0.2, 0.25) is 0 Å². The zero-order chi connectivity index (χ0) is 20.8. The van der Waals surface area contributed by atoms with Crippen molar-refractivity contribution in [2.45, 2.75) is 0 Å². The lowest BCUT2D eigenvalue weighted by Crippen LogP contribution is -2.22. The first-order valence-corrected chi connectivity index (χ1v) is 8.38. The van der Waals surface area contributed by atoms with Crippen molar-refractivity contribution in [3.8, 4) is 11.5 Å². The molecule has 0 aliphatic rings. The Hall–Kier alpha value is -3.21. The minimum absolute atomic E-state index is 0.0502. The summed E-state index contributed by atoms with van der Waals surface area (Å²) >= 11 is 3.08. The van der Waals surface area contributed by atoms with Gasteiger partial charge >= 0.3 is 5.97 Å². The van der Waals surface area contributed by atoms with E-state index in [2.05, 4.69) is 21.2 Å². The van der Waals surface area contributed by atoms with Crippen LogP contribution in [0.4, 0.5) is 15.8 Å². The van der Waals surface area contributed by atoms with Crippen molar-refractivity contribution < 1.29 is 33.1 Å². The molecule has 0 aliphatic heterocycles. The van der Waals surface area contributed by atoms with Gasteiger partial charge < -0.3 is 19.5 Å². The molecule has 0 unspecified atom stereocenters. The molecule has 0 saturated carbocycles. The maximum atomic E-state index is 13.7. The van der Waals surface area contributed by atoms with Crippen LogP contribution in [-0.2, 0) is 9.53 Å². The topological polar surface area (TPSA) is 117 Å². The predicted octanol–water partition coefficient (Wildman–Crippen LogP) is 3.31. The summed E-state index contributed by atoms with van der Waals surface area (Å²) in [6, 6.07) is 6.06. The second kappa shape index (κ2) is 9.13. The lowest BCUT2D eigenvalue weighted by molar-refractivity contribution is -0.385. The number of nitrogens with one attached hydrogen (secondary N) is 1. The van der Waals surface area contributed by atoms with Crippen LogP contribution in [0.15, 0.2) is 34.8 Å². The Morgan fingerprint density at radius 2 is 1.82 bits per heavy atom. The smallest absolute Gasteiger partial charge is 0.345 e. The van der Waals surface area contributed by atoms with Crippen molar-refractivity contribution in [3.63, 3.8) is 0 Å². The summed E-state index contributed by atoms with van der Waals surface area (Å²) in [6.07, 6.45) is 0. The molecule has 9 nitrogen and oxygen atoms in total. The standard InChI is InChI=1S/C17H14BrFN2O7/c1-26-14-6-10(13(21(24)25)7-15(14)27-2)17(23)28-8-16(22)20-12-4-3-9(18)5-11(12)19/h3-7H,8H2,1-2H3,(H,20,22). The molecule has 0 fully saturated rings. The zero-order valence-corrected chi connectivity index (χ0v) is 16.2. The first kappa shape index (κ1) is 21.1. The van der Waals surface area contributed by atoms with Crippen molar-refractivity contribution in [3.05, 3.63) is 56.3 Å². The SMILES string of the molecule is COc1cc(C(=O)OCC(=O)Nc2ccc(Br)cc2F)c([N+](=O)[O-])cc1OC. The number of hydrogen-bond acceptors (Lipinski definition) is 7. The Kier molecular flexibility index (Phi) is 6.88. The van der Waals surface area contributed by atoms with Crippen LogP contribution < -0.4 is 14.8 Å². The number of anilines is 1. The van der Waals surface area contributed by atoms with Gasteiger partial charge in [0, 0.05) is 10.5 Å². The van der Waals surface area contributed by atoms with E-state index in [1.165, 1.54) is 26.4 Å². The normalized spacial score (nSPS) is 10.1. The minimum atomic E-state index is -1.13. The van der Waals surface area contributed by atoms with E-state index in [0.29, 0.717) is 4.47 Å². The Balaban J connectivity index is 2.13. The summed E-state index contributed by atoms with van der Waals surface area (Å²) in [6.45, 7) is -0.778. The molecular weight excluding hydrogens is 443 g/mol. The summed E-state index contributed by atoms with van der Waals surface area (Å²) in [5.41, 5.74) is -1.12. The average molecular weight is 457 g/mol. The van der Waals surface area contributed by atoms with Crippen molar-refractivity contribution in [2.24, 2.45) is 0 Å². The second-order valence-electron chi connectivity index (χ2n) is 5.23. The van der Waals surface area contributed by atoms with Crippen LogP contribution in [0.3, 0.4) is 0 Å². The number of amides is 1. The fraction of sp³-hybridized carbons (Fsp3) is 0.176. The third-order valence-electron chi connectivity index (χ3n) is 3.46. The van der Waals surface area contributed by atoms with E-state index < -0.39 is 40.5 Å². The molecule has 148 valence electrons. The maximum Gasteiger partial charge on any atom is 0.345 e. The van der Waals surface area contributed by atoms with Gasteiger partial charge in [0.25, 0.3) is 11.6 Å². The number of nitro benzene ring substituents is 1. The third-order valence-corrected chi connectivity index (χ3v) is 3.95. The Morgan fingerprint density at radius 1 is 1.18 bits per heavy atom. The number of nitro groups is 1. The Bertz CT molecular complexity index is 936. The molecule has 2 aromatic carbocycles. The predicted molar refractivity (Wildman–Crippen MR) is 99.2 cm³/mol. The molecule has 11 heteroatoms. The third kappa shape index (κ3) is 4.94.